The van der Waals surface area contributed by atoms with E-state index in [1.807, 2.05) is 13.0 Å². The van der Waals surface area contributed by atoms with Gasteiger partial charge < -0.3 is 9.64 Å². The minimum Gasteiger partial charge on any atom is -0.369 e. The van der Waals surface area contributed by atoms with E-state index in [9.17, 15) is 0 Å². The Bertz CT molecular complexity index is 1120. The molecule has 0 spiro atoms. The van der Waals surface area contributed by atoms with Gasteiger partial charge in [-0.1, -0.05) is 54.6 Å². The van der Waals surface area contributed by atoms with Gasteiger partial charge in [0.2, 0.25) is 0 Å². The Morgan fingerprint density at radius 1 is 0.857 bits per heavy atom. The lowest BCUT2D eigenvalue weighted by atomic mass is 9.74. The summed E-state index contributed by atoms with van der Waals surface area (Å²) in [4.78, 5) is 2.26. The van der Waals surface area contributed by atoms with Crippen molar-refractivity contribution in [1.29, 1.82) is 0 Å². The summed E-state index contributed by atoms with van der Waals surface area (Å²) in [5.41, 5.74) is 8.48. The van der Waals surface area contributed by atoms with Gasteiger partial charge in [-0.05, 0) is 54.3 Å². The van der Waals surface area contributed by atoms with Gasteiger partial charge in [-0.3, -0.25) is 0 Å². The molecule has 3 aromatic carbocycles. The van der Waals surface area contributed by atoms with E-state index in [0.717, 1.165) is 11.3 Å². The molecule has 3 aromatic rings. The van der Waals surface area contributed by atoms with Crippen LogP contribution in [0.2, 0.25) is 0 Å². The first-order chi connectivity index (χ1) is 13.5. The normalized spacial score (nSPS) is 22.8. The predicted octanol–water partition coefficient (Wildman–Crippen LogP) is 5.79. The van der Waals surface area contributed by atoms with E-state index >= 15 is 0 Å². The molecule has 2 atom stereocenters. The first-order valence-electron chi connectivity index (χ1n) is 9.71. The van der Waals surface area contributed by atoms with Gasteiger partial charge in [0.05, 0.1) is 11.6 Å². The van der Waals surface area contributed by atoms with Crippen LogP contribution >= 0.6 is 0 Å². The SMILES string of the molecule is [B]C1(c2ccc3c(c2)-c2ccccc2-c2ccccc2N3C)C=C(C)C(C)O1. The van der Waals surface area contributed by atoms with Gasteiger partial charge in [0, 0.05) is 29.5 Å². The minimum atomic E-state index is -0.884. The van der Waals surface area contributed by atoms with Crippen LogP contribution in [0.3, 0.4) is 0 Å². The quantitative estimate of drug-likeness (QED) is 0.401. The third kappa shape index (κ3) is 2.46. The zero-order valence-corrected chi connectivity index (χ0v) is 16.4. The minimum absolute atomic E-state index is 0.0306. The third-order valence-corrected chi connectivity index (χ3v) is 6.04. The standard InChI is InChI=1S/C25H22BNO/c1-16-15-25(26,28-17(16)2)18-12-13-24-22(14-18)20-9-5-4-8-19(20)21-10-6-7-11-23(21)27(24)3/h4-15,17H,1-3H3. The van der Waals surface area contributed by atoms with E-state index in [1.165, 1.54) is 33.5 Å². The molecular weight excluding hydrogens is 341 g/mol. The number of nitrogens with zero attached hydrogens (tertiary/aromatic N) is 1. The van der Waals surface area contributed by atoms with Crippen molar-refractivity contribution in [2.45, 2.75) is 25.5 Å². The summed E-state index contributed by atoms with van der Waals surface area (Å²) >= 11 is 0. The van der Waals surface area contributed by atoms with Crippen LogP contribution in [0.4, 0.5) is 11.4 Å². The monoisotopic (exact) mass is 363 g/mol. The molecule has 136 valence electrons. The molecule has 2 unspecified atom stereocenters. The molecule has 0 amide bonds. The first-order valence-corrected chi connectivity index (χ1v) is 9.71. The molecule has 0 N–H and O–H groups in total. The highest BCUT2D eigenvalue weighted by Gasteiger charge is 2.34. The highest BCUT2D eigenvalue weighted by molar-refractivity contribution is 6.17. The highest BCUT2D eigenvalue weighted by Crippen LogP contribution is 2.48. The van der Waals surface area contributed by atoms with Crippen LogP contribution in [0, 0.1) is 0 Å². The van der Waals surface area contributed by atoms with Gasteiger partial charge in [-0.15, -0.1) is 0 Å². The van der Waals surface area contributed by atoms with Gasteiger partial charge in [0.15, 0.2) is 0 Å². The van der Waals surface area contributed by atoms with Crippen molar-refractivity contribution in [3.05, 3.63) is 83.9 Å². The molecule has 28 heavy (non-hydrogen) atoms. The van der Waals surface area contributed by atoms with E-state index in [0.29, 0.717) is 0 Å². The molecule has 2 aliphatic rings. The van der Waals surface area contributed by atoms with Crippen molar-refractivity contribution in [2.75, 3.05) is 11.9 Å². The summed E-state index contributed by atoms with van der Waals surface area (Å²) in [6.45, 7) is 4.12. The Hall–Kier alpha value is -2.78. The number of rotatable bonds is 1. The number of fused-ring (bicyclic) bond motifs is 5. The van der Waals surface area contributed by atoms with Gasteiger partial charge >= 0.3 is 0 Å². The third-order valence-electron chi connectivity index (χ3n) is 6.04. The lowest BCUT2D eigenvalue weighted by Gasteiger charge is -2.28. The number of hydrogen-bond donors (Lipinski definition) is 0. The van der Waals surface area contributed by atoms with Crippen LogP contribution in [0.1, 0.15) is 19.4 Å². The number of para-hydroxylation sites is 1. The van der Waals surface area contributed by atoms with E-state index < -0.39 is 5.50 Å². The summed E-state index contributed by atoms with van der Waals surface area (Å²) in [6, 6.07) is 23.6. The number of ether oxygens (including phenoxy) is 1. The number of anilines is 2. The van der Waals surface area contributed by atoms with Crippen LogP contribution in [0.15, 0.2) is 78.4 Å². The topological polar surface area (TPSA) is 12.5 Å². The van der Waals surface area contributed by atoms with Gasteiger partial charge in [-0.25, -0.2) is 0 Å². The molecule has 0 fully saturated rings. The van der Waals surface area contributed by atoms with Crippen LogP contribution in [-0.4, -0.2) is 21.0 Å². The molecule has 0 bridgehead atoms. The summed E-state index contributed by atoms with van der Waals surface area (Å²) in [5.74, 6) is 0. The average Bonchev–Trinajstić information content (AvgIpc) is 2.93. The van der Waals surface area contributed by atoms with Crippen molar-refractivity contribution in [2.24, 2.45) is 0 Å². The van der Waals surface area contributed by atoms with Gasteiger partial charge in [-0.2, -0.15) is 0 Å². The maximum Gasteiger partial charge on any atom is 0.126 e. The van der Waals surface area contributed by atoms with Crippen molar-refractivity contribution in [3.8, 4) is 22.3 Å². The maximum atomic E-state index is 6.66. The predicted molar refractivity (Wildman–Crippen MR) is 117 cm³/mol. The second-order valence-corrected chi connectivity index (χ2v) is 7.80. The van der Waals surface area contributed by atoms with Crippen LogP contribution in [0.25, 0.3) is 22.3 Å². The fourth-order valence-electron chi connectivity index (χ4n) is 4.39. The fraction of sp³-hybridized carbons (Fsp3) is 0.200. The molecule has 2 nitrogen and oxygen atoms in total. The Kier molecular flexibility index (Phi) is 3.79. The number of hydrogen-bond acceptors (Lipinski definition) is 2. The summed E-state index contributed by atoms with van der Waals surface area (Å²) < 4.78 is 6.12. The molecule has 3 heteroatoms. The molecule has 2 radical (unpaired) electrons. The molecule has 0 aromatic heterocycles. The van der Waals surface area contributed by atoms with E-state index in [1.54, 1.807) is 0 Å². The van der Waals surface area contributed by atoms with Gasteiger partial charge in [0.25, 0.3) is 0 Å². The van der Waals surface area contributed by atoms with Crippen molar-refractivity contribution < 1.29 is 4.74 Å². The first kappa shape index (κ1) is 17.3. The molecule has 0 saturated carbocycles. The fourth-order valence-corrected chi connectivity index (χ4v) is 4.39. The van der Waals surface area contributed by atoms with Crippen molar-refractivity contribution >= 4 is 19.2 Å². The van der Waals surface area contributed by atoms with Gasteiger partial charge in [0.1, 0.15) is 7.85 Å². The average molecular weight is 363 g/mol. The Morgan fingerprint density at radius 2 is 1.46 bits per heavy atom. The number of benzene rings is 3. The molecule has 0 saturated heterocycles. The summed E-state index contributed by atoms with van der Waals surface area (Å²) in [6.07, 6.45) is 2.07. The second kappa shape index (κ2) is 6.12. The molecule has 5 rings (SSSR count). The Labute approximate surface area is 167 Å². The Balaban J connectivity index is 1.76. The second-order valence-electron chi connectivity index (χ2n) is 7.80. The smallest absolute Gasteiger partial charge is 0.126 e. The zero-order valence-electron chi connectivity index (χ0n) is 16.4. The van der Waals surface area contributed by atoms with Crippen LogP contribution < -0.4 is 4.90 Å². The van der Waals surface area contributed by atoms with E-state index in [-0.39, 0.29) is 6.10 Å². The molecule has 2 aliphatic heterocycles. The van der Waals surface area contributed by atoms with E-state index in [4.69, 9.17) is 12.6 Å². The van der Waals surface area contributed by atoms with Crippen molar-refractivity contribution in [1.82, 2.24) is 0 Å². The lowest BCUT2D eigenvalue weighted by Crippen LogP contribution is -2.26. The Morgan fingerprint density at radius 3 is 2.14 bits per heavy atom. The summed E-state index contributed by atoms with van der Waals surface area (Å²) in [5, 5.41) is 0. The molecular formula is C25H22BNO. The lowest BCUT2D eigenvalue weighted by molar-refractivity contribution is 0.0362. The van der Waals surface area contributed by atoms with Crippen molar-refractivity contribution in [3.63, 3.8) is 0 Å². The highest BCUT2D eigenvalue weighted by atomic mass is 16.5. The zero-order chi connectivity index (χ0) is 19.5. The largest absolute Gasteiger partial charge is 0.369 e. The van der Waals surface area contributed by atoms with E-state index in [2.05, 4.69) is 85.6 Å². The van der Waals surface area contributed by atoms with Crippen LogP contribution in [-0.2, 0) is 10.2 Å². The maximum absolute atomic E-state index is 6.66. The van der Waals surface area contributed by atoms with Crippen LogP contribution in [0.5, 0.6) is 0 Å². The molecule has 2 heterocycles. The summed E-state index contributed by atoms with van der Waals surface area (Å²) in [7, 11) is 8.78. The molecule has 0 aliphatic carbocycles.